The molecule has 23 heavy (non-hydrogen) atoms. The van der Waals surface area contributed by atoms with E-state index in [1.807, 2.05) is 17.9 Å². The highest BCUT2D eigenvalue weighted by atomic mass is 35.5. The number of piperidine rings is 1. The maximum atomic E-state index is 12.6. The van der Waals surface area contributed by atoms with Crippen LogP contribution in [0.25, 0.3) is 0 Å². The van der Waals surface area contributed by atoms with Crippen LogP contribution in [0, 0.1) is 12.3 Å². The van der Waals surface area contributed by atoms with Crippen LogP contribution in [0.15, 0.2) is 18.2 Å². The maximum Gasteiger partial charge on any atom is 0.263 e. The van der Waals surface area contributed by atoms with Gasteiger partial charge in [0.05, 0.1) is 0 Å². The second-order valence-electron chi connectivity index (χ2n) is 6.51. The molecular weight excluding hydrogens is 314 g/mol. The zero-order valence-electron chi connectivity index (χ0n) is 14.1. The van der Waals surface area contributed by atoms with E-state index in [-0.39, 0.29) is 17.9 Å². The molecule has 0 aliphatic carbocycles. The summed E-state index contributed by atoms with van der Waals surface area (Å²) >= 11 is 6.00. The minimum Gasteiger partial charge on any atom is -0.481 e. The lowest BCUT2D eigenvalue weighted by atomic mass is 9.77. The molecule has 1 N–H and O–H groups in total. The van der Waals surface area contributed by atoms with Crippen LogP contribution in [-0.4, -0.2) is 41.7 Å². The van der Waals surface area contributed by atoms with Crippen molar-refractivity contribution in [2.75, 3.05) is 19.7 Å². The molecular formula is C18H26ClNO3. The monoisotopic (exact) mass is 339 g/mol. The highest BCUT2D eigenvalue weighted by Gasteiger charge is 2.35. The number of hydrogen-bond acceptors (Lipinski definition) is 3. The number of rotatable bonds is 5. The van der Waals surface area contributed by atoms with E-state index in [0.29, 0.717) is 23.9 Å². The third-order valence-electron chi connectivity index (χ3n) is 5.01. The van der Waals surface area contributed by atoms with Crippen molar-refractivity contribution in [3.05, 3.63) is 28.8 Å². The predicted octanol–water partition coefficient (Wildman–Crippen LogP) is 3.43. The minimum absolute atomic E-state index is 0.000228. The first-order valence-electron chi connectivity index (χ1n) is 8.23. The Bertz CT molecular complexity index is 547. The third kappa shape index (κ3) is 4.18. The molecule has 1 heterocycles. The summed E-state index contributed by atoms with van der Waals surface area (Å²) in [6, 6.07) is 5.40. The van der Waals surface area contributed by atoms with E-state index in [1.165, 1.54) is 0 Å². The molecule has 1 saturated heterocycles. The normalized spacial score (nSPS) is 18.6. The van der Waals surface area contributed by atoms with Crippen molar-refractivity contribution in [3.63, 3.8) is 0 Å². The number of aryl methyl sites for hydroxylation is 1. The summed E-state index contributed by atoms with van der Waals surface area (Å²) < 4.78 is 5.77. The Morgan fingerprint density at radius 3 is 2.61 bits per heavy atom. The molecule has 5 heteroatoms. The summed E-state index contributed by atoms with van der Waals surface area (Å²) in [6.45, 7) is 7.34. The first kappa shape index (κ1) is 18.1. The number of benzene rings is 1. The topological polar surface area (TPSA) is 49.8 Å². The molecule has 2 rings (SSSR count). The van der Waals surface area contributed by atoms with Crippen LogP contribution in [-0.2, 0) is 4.79 Å². The number of amides is 1. The molecule has 4 nitrogen and oxygen atoms in total. The molecule has 128 valence electrons. The molecule has 0 radical (unpaired) electrons. The molecule has 0 saturated carbocycles. The van der Waals surface area contributed by atoms with Crippen LogP contribution in [0.3, 0.4) is 0 Å². The summed E-state index contributed by atoms with van der Waals surface area (Å²) in [4.78, 5) is 14.4. The van der Waals surface area contributed by atoms with Crippen LogP contribution < -0.4 is 4.74 Å². The van der Waals surface area contributed by atoms with Crippen molar-refractivity contribution in [2.24, 2.45) is 5.41 Å². The van der Waals surface area contributed by atoms with Gasteiger partial charge in [0.2, 0.25) is 0 Å². The van der Waals surface area contributed by atoms with Crippen LogP contribution in [0.4, 0.5) is 0 Å². The SMILES string of the molecule is CCC1(CO)CCN(C(=O)C(C)Oc2ccc(Cl)c(C)c2)CC1. The molecule has 0 aromatic heterocycles. The molecule has 1 aliphatic rings. The Kier molecular flexibility index (Phi) is 5.93. The predicted molar refractivity (Wildman–Crippen MR) is 91.9 cm³/mol. The number of aliphatic hydroxyl groups is 1. The van der Waals surface area contributed by atoms with Gasteiger partial charge in [-0.05, 0) is 62.3 Å². The highest BCUT2D eigenvalue weighted by Crippen LogP contribution is 2.34. The molecule has 1 amide bonds. The van der Waals surface area contributed by atoms with E-state index in [2.05, 4.69) is 6.92 Å². The zero-order chi connectivity index (χ0) is 17.0. The Hall–Kier alpha value is -1.26. The van der Waals surface area contributed by atoms with E-state index in [1.54, 1.807) is 19.1 Å². The molecule has 0 spiro atoms. The molecule has 1 atom stereocenters. The number of carbonyl (C=O) groups excluding carboxylic acids is 1. The van der Waals surface area contributed by atoms with Crippen molar-refractivity contribution in [2.45, 2.75) is 46.1 Å². The molecule has 1 fully saturated rings. The van der Waals surface area contributed by atoms with Gasteiger partial charge >= 0.3 is 0 Å². The van der Waals surface area contributed by atoms with Crippen LogP contribution in [0.5, 0.6) is 5.75 Å². The van der Waals surface area contributed by atoms with Crippen molar-refractivity contribution >= 4 is 17.5 Å². The van der Waals surface area contributed by atoms with Crippen molar-refractivity contribution in [1.82, 2.24) is 4.90 Å². The van der Waals surface area contributed by atoms with E-state index in [9.17, 15) is 9.90 Å². The molecule has 1 aromatic rings. The first-order valence-corrected chi connectivity index (χ1v) is 8.61. The Labute approximate surface area is 143 Å². The van der Waals surface area contributed by atoms with E-state index in [4.69, 9.17) is 16.3 Å². The quantitative estimate of drug-likeness (QED) is 0.894. The molecule has 1 aromatic carbocycles. The highest BCUT2D eigenvalue weighted by molar-refractivity contribution is 6.31. The lowest BCUT2D eigenvalue weighted by Crippen LogP contribution is -2.48. The average molecular weight is 340 g/mol. The summed E-state index contributed by atoms with van der Waals surface area (Å²) in [5.74, 6) is 0.656. The fourth-order valence-corrected chi connectivity index (χ4v) is 3.14. The van der Waals surface area contributed by atoms with Crippen molar-refractivity contribution in [1.29, 1.82) is 0 Å². The Balaban J connectivity index is 1.94. The van der Waals surface area contributed by atoms with Crippen molar-refractivity contribution in [3.8, 4) is 5.75 Å². The van der Waals surface area contributed by atoms with Gasteiger partial charge in [-0.15, -0.1) is 0 Å². The Morgan fingerprint density at radius 2 is 2.09 bits per heavy atom. The lowest BCUT2D eigenvalue weighted by molar-refractivity contribution is -0.140. The van der Waals surface area contributed by atoms with E-state index >= 15 is 0 Å². The van der Waals surface area contributed by atoms with E-state index < -0.39 is 6.10 Å². The zero-order valence-corrected chi connectivity index (χ0v) is 14.9. The molecule has 1 aliphatic heterocycles. The number of hydrogen-bond donors (Lipinski definition) is 1. The van der Waals surface area contributed by atoms with Gasteiger partial charge < -0.3 is 14.7 Å². The fourth-order valence-electron chi connectivity index (χ4n) is 3.03. The summed E-state index contributed by atoms with van der Waals surface area (Å²) in [5.41, 5.74) is 0.909. The molecule has 0 bridgehead atoms. The number of carbonyl (C=O) groups is 1. The number of nitrogens with zero attached hydrogens (tertiary/aromatic N) is 1. The largest absolute Gasteiger partial charge is 0.481 e. The number of aliphatic hydroxyl groups excluding tert-OH is 1. The molecule has 1 unspecified atom stereocenters. The second kappa shape index (κ2) is 7.54. The van der Waals surface area contributed by atoms with Gasteiger partial charge in [-0.1, -0.05) is 18.5 Å². The van der Waals surface area contributed by atoms with E-state index in [0.717, 1.165) is 24.8 Å². The number of ether oxygens (including phenoxy) is 1. The maximum absolute atomic E-state index is 12.6. The van der Waals surface area contributed by atoms with Gasteiger partial charge in [-0.2, -0.15) is 0 Å². The summed E-state index contributed by atoms with van der Waals surface area (Å²) in [6.07, 6.45) is 2.11. The number of halogens is 1. The second-order valence-corrected chi connectivity index (χ2v) is 6.92. The number of likely N-dealkylation sites (tertiary alicyclic amines) is 1. The Morgan fingerprint density at radius 1 is 1.43 bits per heavy atom. The lowest BCUT2D eigenvalue weighted by Gasteiger charge is -2.40. The van der Waals surface area contributed by atoms with Crippen LogP contribution >= 0.6 is 11.6 Å². The standard InChI is InChI=1S/C18H26ClNO3/c1-4-18(12-21)7-9-20(10-8-18)17(22)14(3)23-15-5-6-16(19)13(2)11-15/h5-6,11,14,21H,4,7-10,12H2,1-3H3. The third-order valence-corrected chi connectivity index (χ3v) is 5.44. The van der Waals surface area contributed by atoms with Gasteiger partial charge in [0.15, 0.2) is 6.10 Å². The van der Waals surface area contributed by atoms with Crippen LogP contribution in [0.2, 0.25) is 5.02 Å². The van der Waals surface area contributed by atoms with Gasteiger partial charge in [-0.3, -0.25) is 4.79 Å². The van der Waals surface area contributed by atoms with Gasteiger partial charge in [0.25, 0.3) is 5.91 Å². The smallest absolute Gasteiger partial charge is 0.263 e. The average Bonchev–Trinajstić information content (AvgIpc) is 2.57. The minimum atomic E-state index is -0.529. The van der Waals surface area contributed by atoms with Crippen molar-refractivity contribution < 1.29 is 14.6 Å². The summed E-state index contributed by atoms with van der Waals surface area (Å²) in [7, 11) is 0. The fraction of sp³-hybridized carbons (Fsp3) is 0.611. The summed E-state index contributed by atoms with van der Waals surface area (Å²) in [5, 5.41) is 10.3. The first-order chi connectivity index (χ1) is 10.9. The van der Waals surface area contributed by atoms with Gasteiger partial charge in [0.1, 0.15) is 5.75 Å². The van der Waals surface area contributed by atoms with Crippen LogP contribution in [0.1, 0.15) is 38.7 Å². The van der Waals surface area contributed by atoms with Gasteiger partial charge in [0, 0.05) is 24.7 Å². The van der Waals surface area contributed by atoms with Gasteiger partial charge in [-0.25, -0.2) is 0 Å².